The third kappa shape index (κ3) is 4.27. The normalized spacial score (nSPS) is 17.7. The maximum Gasteiger partial charge on any atom is 0.332 e. The molecule has 0 bridgehead atoms. The molecule has 1 aliphatic heterocycles. The number of hydrogen-bond acceptors (Lipinski definition) is 6. The molecule has 9 nitrogen and oxygen atoms in total. The van der Waals surface area contributed by atoms with Crippen molar-refractivity contribution in [2.24, 2.45) is 20.0 Å². The summed E-state index contributed by atoms with van der Waals surface area (Å²) in [5, 5.41) is 11.4. The Morgan fingerprint density at radius 2 is 1.94 bits per heavy atom. The molecule has 0 radical (unpaired) electrons. The van der Waals surface area contributed by atoms with Crippen LogP contribution >= 0.6 is 11.6 Å². The molecule has 2 aromatic heterocycles. The van der Waals surface area contributed by atoms with Gasteiger partial charge in [0, 0.05) is 32.2 Å². The van der Waals surface area contributed by atoms with E-state index in [2.05, 4.69) is 16.8 Å². The summed E-state index contributed by atoms with van der Waals surface area (Å²) in [5.74, 6) is 1.67. The molecule has 3 aromatic rings. The second-order valence-corrected chi connectivity index (χ2v) is 8.95. The number of imidazole rings is 1. The van der Waals surface area contributed by atoms with Gasteiger partial charge in [-0.2, -0.15) is 4.98 Å². The van der Waals surface area contributed by atoms with Crippen LogP contribution in [-0.4, -0.2) is 49.6 Å². The van der Waals surface area contributed by atoms with Crippen LogP contribution in [-0.2, 0) is 20.6 Å². The first-order valence-corrected chi connectivity index (χ1v) is 11.1. The van der Waals surface area contributed by atoms with Crippen molar-refractivity contribution in [3.8, 4) is 5.75 Å². The topological polar surface area (TPSA) is 94.5 Å². The van der Waals surface area contributed by atoms with Gasteiger partial charge in [-0.3, -0.25) is 13.9 Å². The standard InChI is InChI=1S/C22H28ClN5O4/c1-14-5-4-10-27(11-14)21-24-19-18(20(30)26(3)22(31)25(19)2)28(21)12-16(29)13-32-17-8-6-15(23)7-9-17/h6-9,14,16,29H,4-5,10-13H2,1-3H3/t14-,16-/m0/s1. The zero-order valence-electron chi connectivity index (χ0n) is 18.5. The molecule has 172 valence electrons. The van der Waals surface area contributed by atoms with E-state index in [4.69, 9.17) is 16.3 Å². The van der Waals surface area contributed by atoms with Crippen molar-refractivity contribution >= 4 is 28.7 Å². The first-order chi connectivity index (χ1) is 15.3. The Balaban J connectivity index is 1.70. The number of benzene rings is 1. The Hall–Kier alpha value is -2.78. The number of aryl methyl sites for hydroxylation is 1. The van der Waals surface area contributed by atoms with E-state index in [1.54, 1.807) is 35.9 Å². The van der Waals surface area contributed by atoms with Crippen molar-refractivity contribution in [3.05, 3.63) is 50.1 Å². The average molecular weight is 462 g/mol. The van der Waals surface area contributed by atoms with Crippen molar-refractivity contribution < 1.29 is 9.84 Å². The largest absolute Gasteiger partial charge is 0.491 e. The van der Waals surface area contributed by atoms with Crippen LogP contribution in [0, 0.1) is 5.92 Å². The van der Waals surface area contributed by atoms with Crippen LogP contribution in [0.1, 0.15) is 19.8 Å². The molecule has 4 rings (SSSR count). The minimum atomic E-state index is -0.897. The van der Waals surface area contributed by atoms with Gasteiger partial charge in [0.2, 0.25) is 5.95 Å². The molecule has 0 aliphatic carbocycles. The minimum Gasteiger partial charge on any atom is -0.491 e. The molecule has 1 aromatic carbocycles. The predicted molar refractivity (Wildman–Crippen MR) is 124 cm³/mol. The van der Waals surface area contributed by atoms with E-state index in [1.807, 2.05) is 0 Å². The molecule has 0 spiro atoms. The molecule has 1 fully saturated rings. The molecule has 10 heteroatoms. The third-order valence-electron chi connectivity index (χ3n) is 5.92. The van der Waals surface area contributed by atoms with Gasteiger partial charge < -0.3 is 19.3 Å². The smallest absolute Gasteiger partial charge is 0.332 e. The van der Waals surface area contributed by atoms with E-state index < -0.39 is 17.4 Å². The van der Waals surface area contributed by atoms with Crippen molar-refractivity contribution in [2.45, 2.75) is 32.4 Å². The van der Waals surface area contributed by atoms with E-state index in [9.17, 15) is 14.7 Å². The lowest BCUT2D eigenvalue weighted by molar-refractivity contribution is 0.0935. The molecule has 1 N–H and O–H groups in total. The third-order valence-corrected chi connectivity index (χ3v) is 6.17. The summed E-state index contributed by atoms with van der Waals surface area (Å²) in [6.45, 7) is 3.93. The Kier molecular flexibility index (Phi) is 6.30. The molecule has 2 atom stereocenters. The number of aromatic nitrogens is 4. The Bertz CT molecular complexity index is 1230. The van der Waals surface area contributed by atoms with Crippen LogP contribution in [0.3, 0.4) is 0 Å². The van der Waals surface area contributed by atoms with Crippen molar-refractivity contribution in [3.63, 3.8) is 0 Å². The SMILES string of the molecule is C[C@H]1CCCN(c2nc3c(c(=O)n(C)c(=O)n3C)n2C[C@H](O)COc2ccc(Cl)cc2)C1. The second-order valence-electron chi connectivity index (χ2n) is 8.51. The Labute approximate surface area is 190 Å². The number of rotatable bonds is 6. The number of piperidine rings is 1. The van der Waals surface area contributed by atoms with E-state index in [-0.39, 0.29) is 13.2 Å². The number of aliphatic hydroxyl groups is 1. The van der Waals surface area contributed by atoms with Gasteiger partial charge in [-0.05, 0) is 43.0 Å². The number of hydrogen-bond donors (Lipinski definition) is 1. The van der Waals surface area contributed by atoms with Crippen molar-refractivity contribution in [1.82, 2.24) is 18.7 Å². The van der Waals surface area contributed by atoms with Crippen LogP contribution in [0.2, 0.25) is 5.02 Å². The monoisotopic (exact) mass is 461 g/mol. The molecular weight excluding hydrogens is 434 g/mol. The molecule has 32 heavy (non-hydrogen) atoms. The summed E-state index contributed by atoms with van der Waals surface area (Å²) >= 11 is 5.90. The summed E-state index contributed by atoms with van der Waals surface area (Å²) in [6.07, 6.45) is 1.25. The molecule has 0 amide bonds. The van der Waals surface area contributed by atoms with Gasteiger partial charge in [0.25, 0.3) is 5.56 Å². The summed E-state index contributed by atoms with van der Waals surface area (Å²) in [5.41, 5.74) is -0.249. The second kappa shape index (κ2) is 8.99. The highest BCUT2D eigenvalue weighted by Gasteiger charge is 2.26. The lowest BCUT2D eigenvalue weighted by atomic mass is 10.0. The van der Waals surface area contributed by atoms with Gasteiger partial charge in [-0.15, -0.1) is 0 Å². The van der Waals surface area contributed by atoms with Crippen LogP contribution < -0.4 is 20.9 Å². The van der Waals surface area contributed by atoms with Gasteiger partial charge >= 0.3 is 5.69 Å². The van der Waals surface area contributed by atoms with E-state index >= 15 is 0 Å². The molecule has 1 aliphatic rings. The van der Waals surface area contributed by atoms with Gasteiger partial charge in [0.05, 0.1) is 6.54 Å². The minimum absolute atomic E-state index is 0.0310. The fourth-order valence-electron chi connectivity index (χ4n) is 4.21. The highest BCUT2D eigenvalue weighted by Crippen LogP contribution is 2.25. The maximum absolute atomic E-state index is 13.0. The van der Waals surface area contributed by atoms with E-state index in [0.717, 1.165) is 30.5 Å². The number of aliphatic hydroxyl groups excluding tert-OH is 1. The van der Waals surface area contributed by atoms with Crippen LogP contribution in [0.25, 0.3) is 11.2 Å². The van der Waals surface area contributed by atoms with Gasteiger partial charge in [0.15, 0.2) is 11.2 Å². The quantitative estimate of drug-likeness (QED) is 0.601. The first-order valence-electron chi connectivity index (χ1n) is 10.7. The van der Waals surface area contributed by atoms with Gasteiger partial charge in [-0.25, -0.2) is 4.79 Å². The number of halogens is 1. The van der Waals surface area contributed by atoms with Gasteiger partial charge in [-0.1, -0.05) is 18.5 Å². The number of anilines is 1. The molecule has 0 unspecified atom stereocenters. The number of nitrogens with zero attached hydrogens (tertiary/aromatic N) is 5. The fourth-order valence-corrected chi connectivity index (χ4v) is 4.33. The van der Waals surface area contributed by atoms with Crippen LogP contribution in [0.5, 0.6) is 5.75 Å². The highest BCUT2D eigenvalue weighted by atomic mass is 35.5. The number of fused-ring (bicyclic) bond motifs is 1. The average Bonchev–Trinajstić information content (AvgIpc) is 3.15. The summed E-state index contributed by atoms with van der Waals surface area (Å²) in [7, 11) is 3.05. The maximum atomic E-state index is 13.0. The molecule has 0 saturated carbocycles. The van der Waals surface area contributed by atoms with E-state index in [0.29, 0.717) is 33.8 Å². The van der Waals surface area contributed by atoms with E-state index in [1.165, 1.54) is 11.6 Å². The zero-order valence-corrected chi connectivity index (χ0v) is 19.2. The Morgan fingerprint density at radius 3 is 2.62 bits per heavy atom. The fraction of sp³-hybridized carbons (Fsp3) is 0.500. The lowest BCUT2D eigenvalue weighted by Gasteiger charge is -2.32. The summed E-state index contributed by atoms with van der Waals surface area (Å²) in [4.78, 5) is 32.3. The molecular formula is C22H28ClN5O4. The molecule has 3 heterocycles. The summed E-state index contributed by atoms with van der Waals surface area (Å²) < 4.78 is 9.86. The van der Waals surface area contributed by atoms with Gasteiger partial charge in [0.1, 0.15) is 18.5 Å². The Morgan fingerprint density at radius 1 is 1.22 bits per heavy atom. The molecule has 1 saturated heterocycles. The zero-order chi connectivity index (χ0) is 23.0. The lowest BCUT2D eigenvalue weighted by Crippen LogP contribution is -2.39. The first kappa shape index (κ1) is 22.4. The highest BCUT2D eigenvalue weighted by molar-refractivity contribution is 6.30. The predicted octanol–water partition coefficient (Wildman–Crippen LogP) is 1.76. The van der Waals surface area contributed by atoms with Crippen molar-refractivity contribution in [2.75, 3.05) is 24.6 Å². The van der Waals surface area contributed by atoms with Crippen LogP contribution in [0.4, 0.5) is 5.95 Å². The van der Waals surface area contributed by atoms with Crippen molar-refractivity contribution in [1.29, 1.82) is 0 Å². The van der Waals surface area contributed by atoms with Crippen LogP contribution in [0.15, 0.2) is 33.9 Å². The number of ether oxygens (including phenoxy) is 1. The summed E-state index contributed by atoms with van der Waals surface area (Å²) in [6, 6.07) is 6.89.